The fourth-order valence-corrected chi connectivity index (χ4v) is 3.64. The van der Waals surface area contributed by atoms with Crippen LogP contribution in [0.3, 0.4) is 0 Å². The van der Waals surface area contributed by atoms with Crippen LogP contribution in [0.25, 0.3) is 0 Å². The van der Waals surface area contributed by atoms with Crippen molar-refractivity contribution in [2.45, 2.75) is 18.4 Å². The summed E-state index contributed by atoms with van der Waals surface area (Å²) in [7, 11) is 0. The van der Waals surface area contributed by atoms with Crippen molar-refractivity contribution >= 4 is 11.6 Å². The first-order chi connectivity index (χ1) is 10.3. The molecule has 2 aromatic rings. The maximum Gasteiger partial charge on any atom is 0.236 e. The molecular weight excluding hydrogens is 260 g/mol. The molecule has 0 aromatic heterocycles. The van der Waals surface area contributed by atoms with Gasteiger partial charge in [0.15, 0.2) is 0 Å². The van der Waals surface area contributed by atoms with E-state index in [4.69, 9.17) is 0 Å². The molecule has 106 valence electrons. The Balaban J connectivity index is 1.60. The zero-order chi connectivity index (χ0) is 14.3. The van der Waals surface area contributed by atoms with E-state index in [0.29, 0.717) is 0 Å². The number of nitrogens with one attached hydrogen (secondary N) is 1. The van der Waals surface area contributed by atoms with Gasteiger partial charge in [-0.15, -0.1) is 0 Å². The molecule has 1 spiro atoms. The van der Waals surface area contributed by atoms with Crippen molar-refractivity contribution in [3.63, 3.8) is 0 Å². The third kappa shape index (κ3) is 1.96. The molecule has 2 aromatic carbocycles. The summed E-state index contributed by atoms with van der Waals surface area (Å²) in [6.45, 7) is 2.69. The summed E-state index contributed by atoms with van der Waals surface area (Å²) in [6.07, 6.45) is 0.905. The molecular formula is C18H18N2O. The molecule has 3 heteroatoms. The summed E-state index contributed by atoms with van der Waals surface area (Å²) < 4.78 is 0. The van der Waals surface area contributed by atoms with Gasteiger partial charge in [-0.3, -0.25) is 9.69 Å². The maximum atomic E-state index is 12.5. The monoisotopic (exact) mass is 278 g/mol. The van der Waals surface area contributed by atoms with Gasteiger partial charge in [-0.1, -0.05) is 48.5 Å². The third-order valence-corrected chi connectivity index (χ3v) is 4.72. The highest BCUT2D eigenvalue weighted by molar-refractivity contribution is 6.06. The first-order valence-electron chi connectivity index (χ1n) is 7.45. The number of hydrogen-bond acceptors (Lipinski definition) is 2. The molecule has 1 fully saturated rings. The van der Waals surface area contributed by atoms with Crippen LogP contribution in [0.15, 0.2) is 54.6 Å². The molecule has 2 heterocycles. The van der Waals surface area contributed by atoms with Gasteiger partial charge >= 0.3 is 0 Å². The van der Waals surface area contributed by atoms with E-state index in [1.807, 2.05) is 24.3 Å². The summed E-state index contributed by atoms with van der Waals surface area (Å²) >= 11 is 0. The Kier molecular flexibility index (Phi) is 2.82. The van der Waals surface area contributed by atoms with Crippen LogP contribution in [0, 0.1) is 0 Å². The predicted octanol–water partition coefficient (Wildman–Crippen LogP) is 2.78. The van der Waals surface area contributed by atoms with E-state index >= 15 is 0 Å². The Morgan fingerprint density at radius 2 is 1.81 bits per heavy atom. The van der Waals surface area contributed by atoms with E-state index in [0.717, 1.165) is 31.7 Å². The zero-order valence-corrected chi connectivity index (χ0v) is 11.9. The van der Waals surface area contributed by atoms with Crippen LogP contribution in [0.5, 0.6) is 0 Å². The normalized spacial score (nSPS) is 24.3. The Labute approximate surface area is 124 Å². The minimum atomic E-state index is -0.342. The standard InChI is InChI=1S/C18H18N2O/c21-17-18(15-8-4-5-9-16(15)19-17)10-11-20(13-18)12-14-6-2-1-3-7-14/h1-9H,10-13H2,(H,19,21). The van der Waals surface area contributed by atoms with Crippen molar-refractivity contribution in [3.05, 3.63) is 65.7 Å². The molecule has 1 amide bonds. The van der Waals surface area contributed by atoms with Gasteiger partial charge in [0.2, 0.25) is 5.91 Å². The fraction of sp³-hybridized carbons (Fsp3) is 0.278. The van der Waals surface area contributed by atoms with Crippen molar-refractivity contribution in [1.82, 2.24) is 4.90 Å². The molecule has 1 unspecified atom stereocenters. The number of nitrogens with zero attached hydrogens (tertiary/aromatic N) is 1. The smallest absolute Gasteiger partial charge is 0.236 e. The molecule has 2 aliphatic rings. The van der Waals surface area contributed by atoms with Crippen molar-refractivity contribution in [2.75, 3.05) is 18.4 Å². The Morgan fingerprint density at radius 3 is 2.67 bits per heavy atom. The van der Waals surface area contributed by atoms with Crippen LogP contribution in [-0.4, -0.2) is 23.9 Å². The summed E-state index contributed by atoms with van der Waals surface area (Å²) in [5.74, 6) is 0.166. The van der Waals surface area contributed by atoms with Crippen molar-refractivity contribution in [3.8, 4) is 0 Å². The minimum Gasteiger partial charge on any atom is -0.325 e. The van der Waals surface area contributed by atoms with E-state index in [9.17, 15) is 4.79 Å². The number of fused-ring (bicyclic) bond motifs is 2. The number of anilines is 1. The predicted molar refractivity (Wildman–Crippen MR) is 83.1 cm³/mol. The maximum absolute atomic E-state index is 12.5. The summed E-state index contributed by atoms with van der Waals surface area (Å²) in [6, 6.07) is 18.6. The number of likely N-dealkylation sites (tertiary alicyclic amines) is 1. The highest BCUT2D eigenvalue weighted by Crippen LogP contribution is 2.44. The van der Waals surface area contributed by atoms with Gasteiger partial charge < -0.3 is 5.32 Å². The van der Waals surface area contributed by atoms with E-state index in [2.05, 4.69) is 40.5 Å². The number of para-hydroxylation sites is 1. The molecule has 0 radical (unpaired) electrons. The average molecular weight is 278 g/mol. The molecule has 3 nitrogen and oxygen atoms in total. The van der Waals surface area contributed by atoms with Gasteiger partial charge in [-0.25, -0.2) is 0 Å². The lowest BCUT2D eigenvalue weighted by Gasteiger charge is -2.22. The number of hydrogen-bond donors (Lipinski definition) is 1. The Morgan fingerprint density at radius 1 is 1.05 bits per heavy atom. The summed E-state index contributed by atoms with van der Waals surface area (Å²) in [5.41, 5.74) is 3.13. The highest BCUT2D eigenvalue weighted by atomic mass is 16.2. The first kappa shape index (κ1) is 12.6. The van der Waals surface area contributed by atoms with Crippen LogP contribution in [0.1, 0.15) is 17.5 Å². The van der Waals surface area contributed by atoms with E-state index < -0.39 is 0 Å². The lowest BCUT2D eigenvalue weighted by atomic mass is 9.81. The number of benzene rings is 2. The third-order valence-electron chi connectivity index (χ3n) is 4.72. The Bertz CT molecular complexity index is 683. The van der Waals surface area contributed by atoms with Crippen molar-refractivity contribution < 1.29 is 4.79 Å². The zero-order valence-electron chi connectivity index (χ0n) is 11.9. The molecule has 21 heavy (non-hydrogen) atoms. The topological polar surface area (TPSA) is 32.3 Å². The van der Waals surface area contributed by atoms with Gasteiger partial charge in [0.25, 0.3) is 0 Å². The SMILES string of the molecule is O=C1Nc2ccccc2C12CCN(Cc1ccccc1)C2. The van der Waals surface area contributed by atoms with Crippen LogP contribution in [0.4, 0.5) is 5.69 Å². The number of carbonyl (C=O) groups is 1. The van der Waals surface area contributed by atoms with Gasteiger partial charge in [0.1, 0.15) is 0 Å². The van der Waals surface area contributed by atoms with E-state index in [1.165, 1.54) is 11.1 Å². The minimum absolute atomic E-state index is 0.166. The number of rotatable bonds is 2. The van der Waals surface area contributed by atoms with Crippen LogP contribution < -0.4 is 5.32 Å². The van der Waals surface area contributed by atoms with Gasteiger partial charge in [0, 0.05) is 18.8 Å². The summed E-state index contributed by atoms with van der Waals surface area (Å²) in [4.78, 5) is 14.9. The van der Waals surface area contributed by atoms with Crippen molar-refractivity contribution in [1.29, 1.82) is 0 Å². The molecule has 1 atom stereocenters. The van der Waals surface area contributed by atoms with E-state index in [-0.39, 0.29) is 11.3 Å². The van der Waals surface area contributed by atoms with Gasteiger partial charge in [0.05, 0.1) is 5.41 Å². The molecule has 0 aliphatic carbocycles. The molecule has 4 rings (SSSR count). The fourth-order valence-electron chi connectivity index (χ4n) is 3.64. The van der Waals surface area contributed by atoms with E-state index in [1.54, 1.807) is 0 Å². The second kappa shape index (κ2) is 4.71. The highest BCUT2D eigenvalue weighted by Gasteiger charge is 2.50. The van der Waals surface area contributed by atoms with Crippen LogP contribution >= 0.6 is 0 Å². The van der Waals surface area contributed by atoms with Crippen LogP contribution in [-0.2, 0) is 16.8 Å². The molecule has 1 saturated heterocycles. The number of carbonyl (C=O) groups excluding carboxylic acids is 1. The lowest BCUT2D eigenvalue weighted by molar-refractivity contribution is -0.120. The molecule has 2 aliphatic heterocycles. The summed E-state index contributed by atoms with van der Waals surface area (Å²) in [5, 5.41) is 3.05. The van der Waals surface area contributed by atoms with Crippen molar-refractivity contribution in [2.24, 2.45) is 0 Å². The van der Waals surface area contributed by atoms with Gasteiger partial charge in [-0.05, 0) is 30.2 Å². The van der Waals surface area contributed by atoms with Crippen LogP contribution in [0.2, 0.25) is 0 Å². The second-order valence-corrected chi connectivity index (χ2v) is 6.03. The molecule has 0 bridgehead atoms. The molecule has 0 saturated carbocycles. The largest absolute Gasteiger partial charge is 0.325 e. The Hall–Kier alpha value is -2.13. The second-order valence-electron chi connectivity index (χ2n) is 6.03. The molecule has 1 N–H and O–H groups in total. The quantitative estimate of drug-likeness (QED) is 0.916. The number of amides is 1. The average Bonchev–Trinajstić information content (AvgIpc) is 3.05. The van der Waals surface area contributed by atoms with Gasteiger partial charge in [-0.2, -0.15) is 0 Å². The first-order valence-corrected chi connectivity index (χ1v) is 7.45. The lowest BCUT2D eigenvalue weighted by Crippen LogP contribution is -2.37.